The van der Waals surface area contributed by atoms with E-state index in [9.17, 15) is 9.18 Å². The number of nitrogens with zero attached hydrogens (tertiary/aromatic N) is 1. The van der Waals surface area contributed by atoms with Crippen LogP contribution in [0, 0.1) is 12.7 Å². The van der Waals surface area contributed by atoms with E-state index < -0.39 is 12.0 Å². The van der Waals surface area contributed by atoms with Gasteiger partial charge in [-0.25, -0.2) is 9.37 Å². The largest absolute Gasteiger partial charge is 0.480 e. The first kappa shape index (κ1) is 12.3. The molecule has 0 spiro atoms. The quantitative estimate of drug-likeness (QED) is 0.770. The molecule has 94 valence electrons. The van der Waals surface area contributed by atoms with Crippen LogP contribution in [0.5, 0.6) is 0 Å². The number of carboxylic acid groups (broad SMARTS) is 1. The molecule has 1 atom stereocenters. The molecule has 0 saturated heterocycles. The molecule has 2 rings (SSSR count). The van der Waals surface area contributed by atoms with Gasteiger partial charge < -0.3 is 15.8 Å². The van der Waals surface area contributed by atoms with Gasteiger partial charge in [0.05, 0.1) is 5.69 Å². The summed E-state index contributed by atoms with van der Waals surface area (Å²) in [5, 5.41) is 8.81. The predicted molar refractivity (Wildman–Crippen MR) is 63.3 cm³/mol. The Hall–Kier alpha value is -2.21. The number of aromatic nitrogens is 2. The van der Waals surface area contributed by atoms with Crippen LogP contribution in [0.15, 0.2) is 24.3 Å². The third-order valence-corrected chi connectivity index (χ3v) is 2.56. The van der Waals surface area contributed by atoms with Gasteiger partial charge in [0.15, 0.2) is 6.04 Å². The summed E-state index contributed by atoms with van der Waals surface area (Å²) in [6, 6.07) is 4.71. The number of hydrogen-bond acceptors (Lipinski definition) is 3. The van der Waals surface area contributed by atoms with Crippen LogP contribution in [0.3, 0.4) is 0 Å². The Bertz CT molecular complexity index is 595. The SMILES string of the molecule is Cc1[nH]c(C(N)C(=O)O)nc1-c1cccc(F)c1. The molecule has 18 heavy (non-hydrogen) atoms. The highest BCUT2D eigenvalue weighted by Crippen LogP contribution is 2.23. The molecular weight excluding hydrogens is 237 g/mol. The van der Waals surface area contributed by atoms with Gasteiger partial charge in [-0.15, -0.1) is 0 Å². The molecule has 4 N–H and O–H groups in total. The molecule has 5 nitrogen and oxygen atoms in total. The van der Waals surface area contributed by atoms with Crippen LogP contribution < -0.4 is 5.73 Å². The van der Waals surface area contributed by atoms with E-state index in [2.05, 4.69) is 9.97 Å². The lowest BCUT2D eigenvalue weighted by Gasteiger charge is -2.00. The second-order valence-corrected chi connectivity index (χ2v) is 3.92. The summed E-state index contributed by atoms with van der Waals surface area (Å²) in [6.45, 7) is 1.73. The normalized spacial score (nSPS) is 12.4. The summed E-state index contributed by atoms with van der Waals surface area (Å²) in [5.74, 6) is -1.40. The summed E-state index contributed by atoms with van der Waals surface area (Å²) in [7, 11) is 0. The van der Waals surface area contributed by atoms with E-state index in [0.29, 0.717) is 17.0 Å². The van der Waals surface area contributed by atoms with Crippen molar-refractivity contribution in [1.29, 1.82) is 0 Å². The van der Waals surface area contributed by atoms with Crippen molar-refractivity contribution in [2.24, 2.45) is 5.73 Å². The first-order valence-corrected chi connectivity index (χ1v) is 5.30. The van der Waals surface area contributed by atoms with Crippen molar-refractivity contribution in [3.05, 3.63) is 41.6 Å². The molecule has 6 heteroatoms. The fraction of sp³-hybridized carbons (Fsp3) is 0.167. The van der Waals surface area contributed by atoms with Gasteiger partial charge in [-0.05, 0) is 19.1 Å². The first-order chi connectivity index (χ1) is 8.49. The van der Waals surface area contributed by atoms with Gasteiger partial charge in [0, 0.05) is 11.3 Å². The summed E-state index contributed by atoms with van der Waals surface area (Å²) < 4.78 is 13.1. The molecule has 0 bridgehead atoms. The van der Waals surface area contributed by atoms with Crippen molar-refractivity contribution in [3.63, 3.8) is 0 Å². The minimum atomic E-state index is -1.22. The Morgan fingerprint density at radius 1 is 1.56 bits per heavy atom. The highest BCUT2D eigenvalue weighted by molar-refractivity contribution is 5.74. The van der Waals surface area contributed by atoms with Crippen molar-refractivity contribution in [3.8, 4) is 11.3 Å². The van der Waals surface area contributed by atoms with Gasteiger partial charge in [0.2, 0.25) is 0 Å². The van der Waals surface area contributed by atoms with Crippen molar-refractivity contribution in [2.45, 2.75) is 13.0 Å². The van der Waals surface area contributed by atoms with Crippen LogP contribution >= 0.6 is 0 Å². The monoisotopic (exact) mass is 249 g/mol. The Balaban J connectivity index is 2.44. The number of carbonyl (C=O) groups is 1. The minimum Gasteiger partial charge on any atom is -0.480 e. The molecule has 0 aliphatic rings. The number of nitrogens with one attached hydrogen (secondary N) is 1. The molecule has 1 unspecified atom stereocenters. The second kappa shape index (κ2) is 4.58. The third-order valence-electron chi connectivity index (χ3n) is 2.56. The fourth-order valence-electron chi connectivity index (χ4n) is 1.66. The number of aliphatic carboxylic acids is 1. The van der Waals surface area contributed by atoms with Gasteiger partial charge in [-0.3, -0.25) is 4.79 Å². The number of carboxylic acids is 1. The topological polar surface area (TPSA) is 92.0 Å². The Morgan fingerprint density at radius 3 is 2.89 bits per heavy atom. The number of aryl methyl sites for hydroxylation is 1. The average Bonchev–Trinajstić information content (AvgIpc) is 2.70. The van der Waals surface area contributed by atoms with Gasteiger partial charge in [0.1, 0.15) is 11.6 Å². The maximum absolute atomic E-state index is 13.1. The van der Waals surface area contributed by atoms with Crippen LogP contribution in [0.1, 0.15) is 17.6 Å². The number of nitrogens with two attached hydrogens (primary N) is 1. The average molecular weight is 249 g/mol. The van der Waals surface area contributed by atoms with Gasteiger partial charge >= 0.3 is 5.97 Å². The number of benzene rings is 1. The molecule has 0 amide bonds. The number of imidazole rings is 1. The number of rotatable bonds is 3. The van der Waals surface area contributed by atoms with Crippen LogP contribution in [-0.4, -0.2) is 21.0 Å². The van der Waals surface area contributed by atoms with Crippen LogP contribution in [-0.2, 0) is 4.79 Å². The van der Waals surface area contributed by atoms with Gasteiger partial charge in [0.25, 0.3) is 0 Å². The highest BCUT2D eigenvalue weighted by Gasteiger charge is 2.20. The number of H-pyrrole nitrogens is 1. The van der Waals surface area contributed by atoms with Crippen molar-refractivity contribution in [2.75, 3.05) is 0 Å². The van der Waals surface area contributed by atoms with E-state index in [1.807, 2.05) is 0 Å². The van der Waals surface area contributed by atoms with Crippen LogP contribution in [0.4, 0.5) is 4.39 Å². The molecule has 0 aliphatic carbocycles. The lowest BCUT2D eigenvalue weighted by molar-refractivity contribution is -0.138. The maximum Gasteiger partial charge on any atom is 0.328 e. The third kappa shape index (κ3) is 2.23. The molecule has 1 aromatic carbocycles. The molecular formula is C12H12FN3O2. The summed E-state index contributed by atoms with van der Waals surface area (Å²) in [6.07, 6.45) is 0. The fourth-order valence-corrected chi connectivity index (χ4v) is 1.66. The second-order valence-electron chi connectivity index (χ2n) is 3.92. The molecule has 1 aromatic heterocycles. The van der Waals surface area contributed by atoms with Crippen LogP contribution in [0.2, 0.25) is 0 Å². The van der Waals surface area contributed by atoms with E-state index >= 15 is 0 Å². The van der Waals surface area contributed by atoms with E-state index in [4.69, 9.17) is 10.8 Å². The molecule has 2 aromatic rings. The maximum atomic E-state index is 13.1. The highest BCUT2D eigenvalue weighted by atomic mass is 19.1. The molecule has 0 aliphatic heterocycles. The van der Waals surface area contributed by atoms with Gasteiger partial charge in [-0.1, -0.05) is 12.1 Å². The Labute approximate surface area is 102 Å². The number of halogens is 1. The lowest BCUT2D eigenvalue weighted by Crippen LogP contribution is -2.21. The van der Waals surface area contributed by atoms with Crippen LogP contribution in [0.25, 0.3) is 11.3 Å². The zero-order valence-corrected chi connectivity index (χ0v) is 9.64. The summed E-state index contributed by atoms with van der Waals surface area (Å²) in [4.78, 5) is 17.7. The van der Waals surface area contributed by atoms with E-state index in [1.54, 1.807) is 19.1 Å². The smallest absolute Gasteiger partial charge is 0.328 e. The number of aromatic amines is 1. The zero-order chi connectivity index (χ0) is 13.3. The molecule has 0 fully saturated rings. The van der Waals surface area contributed by atoms with E-state index in [0.717, 1.165) is 0 Å². The summed E-state index contributed by atoms with van der Waals surface area (Å²) >= 11 is 0. The molecule has 0 radical (unpaired) electrons. The molecule has 1 heterocycles. The summed E-state index contributed by atoms with van der Waals surface area (Å²) in [5.41, 5.74) is 7.18. The minimum absolute atomic E-state index is 0.152. The zero-order valence-electron chi connectivity index (χ0n) is 9.64. The van der Waals surface area contributed by atoms with Crippen molar-refractivity contribution in [1.82, 2.24) is 9.97 Å². The Morgan fingerprint density at radius 2 is 2.28 bits per heavy atom. The number of hydrogen-bond donors (Lipinski definition) is 3. The van der Waals surface area contributed by atoms with E-state index in [1.165, 1.54) is 12.1 Å². The Kier molecular flexibility index (Phi) is 3.12. The van der Waals surface area contributed by atoms with Gasteiger partial charge in [-0.2, -0.15) is 0 Å². The van der Waals surface area contributed by atoms with Crippen molar-refractivity contribution < 1.29 is 14.3 Å². The molecule has 0 saturated carbocycles. The van der Waals surface area contributed by atoms with E-state index in [-0.39, 0.29) is 11.6 Å². The lowest BCUT2D eigenvalue weighted by atomic mass is 10.1. The predicted octanol–water partition coefficient (Wildman–Crippen LogP) is 1.61. The standard InChI is InChI=1S/C12H12FN3O2/c1-6-10(7-3-2-4-8(13)5-7)16-11(15-6)9(14)12(17)18/h2-5,9H,14H2,1H3,(H,15,16)(H,17,18). The first-order valence-electron chi connectivity index (χ1n) is 5.30. The van der Waals surface area contributed by atoms with Crippen molar-refractivity contribution >= 4 is 5.97 Å².